The molecule has 1 aliphatic carbocycles. The van der Waals surface area contributed by atoms with E-state index in [4.69, 9.17) is 0 Å². The average molecular weight is 340 g/mol. The quantitative estimate of drug-likeness (QED) is 0.857. The van der Waals surface area contributed by atoms with Crippen molar-refractivity contribution >= 4 is 27.6 Å². The second-order valence-corrected chi connectivity index (χ2v) is 9.80. The van der Waals surface area contributed by atoms with Crippen molar-refractivity contribution in [3.63, 3.8) is 0 Å². The lowest BCUT2D eigenvalue weighted by Crippen LogP contribution is -2.45. The Morgan fingerprint density at radius 3 is 2.59 bits per heavy atom. The summed E-state index contributed by atoms with van der Waals surface area (Å²) in [5, 5.41) is 5.65. The fraction of sp³-hybridized carbons (Fsp3) is 0.533. The number of hydrogen-bond acceptors (Lipinski definition) is 4. The summed E-state index contributed by atoms with van der Waals surface area (Å²) in [6.45, 7) is 0.609. The highest BCUT2D eigenvalue weighted by molar-refractivity contribution is 8.01. The number of benzene rings is 1. The van der Waals surface area contributed by atoms with E-state index < -0.39 is 9.84 Å². The lowest BCUT2D eigenvalue weighted by Gasteiger charge is -2.17. The summed E-state index contributed by atoms with van der Waals surface area (Å²) >= 11 is 1.80. The second kappa shape index (κ2) is 6.12. The number of amides is 2. The van der Waals surface area contributed by atoms with Crippen molar-refractivity contribution in [2.75, 3.05) is 18.1 Å². The second-order valence-electron chi connectivity index (χ2n) is 6.03. The molecule has 2 amide bonds. The molecule has 1 heterocycles. The van der Waals surface area contributed by atoms with Gasteiger partial charge in [0.1, 0.15) is 0 Å². The van der Waals surface area contributed by atoms with Crippen molar-refractivity contribution in [2.45, 2.75) is 34.9 Å². The van der Waals surface area contributed by atoms with Gasteiger partial charge < -0.3 is 10.6 Å². The molecule has 0 unspecified atom stereocenters. The number of sulfone groups is 1. The predicted molar refractivity (Wildman–Crippen MR) is 87.9 cm³/mol. The Hall–Kier alpha value is -1.21. The fourth-order valence-corrected chi connectivity index (χ4v) is 5.50. The highest BCUT2D eigenvalue weighted by atomic mass is 32.2. The van der Waals surface area contributed by atoms with E-state index in [2.05, 4.69) is 22.8 Å². The molecule has 1 atom stereocenters. The molecule has 1 aromatic rings. The summed E-state index contributed by atoms with van der Waals surface area (Å²) in [5.41, 5.74) is 0. The molecular formula is C15H20N2O3S2. The third-order valence-corrected chi connectivity index (χ3v) is 7.29. The molecule has 1 aliphatic heterocycles. The van der Waals surface area contributed by atoms with Gasteiger partial charge in [0.15, 0.2) is 9.84 Å². The molecule has 1 saturated heterocycles. The summed E-state index contributed by atoms with van der Waals surface area (Å²) in [4.78, 5) is 13.1. The van der Waals surface area contributed by atoms with Crippen LogP contribution < -0.4 is 10.6 Å². The van der Waals surface area contributed by atoms with Crippen LogP contribution in [0, 0.1) is 0 Å². The largest absolute Gasteiger partial charge is 0.337 e. The van der Waals surface area contributed by atoms with Crippen molar-refractivity contribution in [1.29, 1.82) is 0 Å². The molecule has 2 N–H and O–H groups in total. The smallest absolute Gasteiger partial charge is 0.315 e. The van der Waals surface area contributed by atoms with Gasteiger partial charge in [0, 0.05) is 22.2 Å². The number of rotatable bonds is 5. The van der Waals surface area contributed by atoms with Gasteiger partial charge >= 0.3 is 6.03 Å². The molecule has 0 radical (unpaired) electrons. The molecule has 0 bridgehead atoms. The molecule has 22 heavy (non-hydrogen) atoms. The Morgan fingerprint density at radius 2 is 2.00 bits per heavy atom. The minimum Gasteiger partial charge on any atom is -0.337 e. The van der Waals surface area contributed by atoms with Gasteiger partial charge in [0.2, 0.25) is 0 Å². The Labute approximate surface area is 135 Å². The van der Waals surface area contributed by atoms with Crippen LogP contribution in [0.1, 0.15) is 19.3 Å². The van der Waals surface area contributed by atoms with E-state index in [1.165, 1.54) is 4.90 Å². The van der Waals surface area contributed by atoms with Gasteiger partial charge in [-0.25, -0.2) is 13.2 Å². The van der Waals surface area contributed by atoms with E-state index in [0.29, 0.717) is 13.0 Å². The van der Waals surface area contributed by atoms with Crippen LogP contribution >= 0.6 is 11.8 Å². The van der Waals surface area contributed by atoms with Crippen molar-refractivity contribution < 1.29 is 13.2 Å². The maximum atomic E-state index is 11.9. The van der Waals surface area contributed by atoms with Crippen molar-refractivity contribution in [1.82, 2.24) is 10.6 Å². The average Bonchev–Trinajstić information content (AvgIpc) is 3.15. The Kier molecular flexibility index (Phi) is 4.36. The van der Waals surface area contributed by atoms with Gasteiger partial charge in [-0.1, -0.05) is 18.2 Å². The van der Waals surface area contributed by atoms with Gasteiger partial charge in [0.05, 0.1) is 11.5 Å². The van der Waals surface area contributed by atoms with Crippen LogP contribution in [-0.2, 0) is 9.84 Å². The monoisotopic (exact) mass is 340 g/mol. The van der Waals surface area contributed by atoms with Gasteiger partial charge in [-0.05, 0) is 31.4 Å². The van der Waals surface area contributed by atoms with E-state index in [-0.39, 0.29) is 28.3 Å². The fourth-order valence-electron chi connectivity index (χ4n) is 2.58. The highest BCUT2D eigenvalue weighted by Gasteiger charge is 2.44. The molecule has 7 heteroatoms. The van der Waals surface area contributed by atoms with Crippen molar-refractivity contribution in [2.24, 2.45) is 0 Å². The van der Waals surface area contributed by atoms with E-state index in [0.717, 1.165) is 12.8 Å². The van der Waals surface area contributed by atoms with E-state index >= 15 is 0 Å². The molecule has 1 saturated carbocycles. The van der Waals surface area contributed by atoms with Crippen LogP contribution in [0.3, 0.4) is 0 Å². The minimum absolute atomic E-state index is 0.0598. The van der Waals surface area contributed by atoms with Gasteiger partial charge in [-0.3, -0.25) is 0 Å². The maximum absolute atomic E-state index is 11.9. The van der Waals surface area contributed by atoms with Crippen molar-refractivity contribution in [3.8, 4) is 0 Å². The minimum atomic E-state index is -2.96. The number of thioether (sulfide) groups is 1. The Morgan fingerprint density at radius 1 is 1.27 bits per heavy atom. The number of urea groups is 1. The summed E-state index contributed by atoms with van der Waals surface area (Å²) in [7, 11) is -2.96. The molecule has 2 fully saturated rings. The number of nitrogens with one attached hydrogen (secondary N) is 2. The van der Waals surface area contributed by atoms with E-state index in [1.807, 2.05) is 18.2 Å². The maximum Gasteiger partial charge on any atom is 0.315 e. The Bertz CT molecular complexity index is 642. The lowest BCUT2D eigenvalue weighted by atomic mass is 10.3. The topological polar surface area (TPSA) is 75.3 Å². The van der Waals surface area contributed by atoms with Gasteiger partial charge in [-0.2, -0.15) is 0 Å². The zero-order valence-electron chi connectivity index (χ0n) is 12.2. The molecule has 120 valence electrons. The van der Waals surface area contributed by atoms with Crippen LogP contribution in [0.15, 0.2) is 35.2 Å². The highest BCUT2D eigenvalue weighted by Crippen LogP contribution is 2.51. The van der Waals surface area contributed by atoms with Gasteiger partial charge in [0.25, 0.3) is 0 Å². The predicted octanol–water partition coefficient (Wildman–Crippen LogP) is 1.80. The molecule has 5 nitrogen and oxygen atoms in total. The molecular weight excluding hydrogens is 320 g/mol. The van der Waals surface area contributed by atoms with Crippen LogP contribution in [0.25, 0.3) is 0 Å². The first-order chi connectivity index (χ1) is 10.5. The van der Waals surface area contributed by atoms with E-state index in [1.54, 1.807) is 11.8 Å². The standard InChI is InChI=1S/C15H20N2O3S2/c18-14(17-12-6-9-22(19,20)10-12)16-11-15(7-8-15)21-13-4-2-1-3-5-13/h1-5,12H,6-11H2,(H2,16,17,18)/t12-/m1/s1. The van der Waals surface area contributed by atoms with Gasteiger partial charge in [-0.15, -0.1) is 11.8 Å². The molecule has 0 spiro atoms. The Balaban J connectivity index is 1.45. The SMILES string of the molecule is O=C(NCC1(Sc2ccccc2)CC1)N[C@@H]1CCS(=O)(=O)C1. The molecule has 1 aromatic carbocycles. The number of carbonyl (C=O) groups excluding carboxylic acids is 1. The van der Waals surface area contributed by atoms with Crippen LogP contribution in [0.5, 0.6) is 0 Å². The van der Waals surface area contributed by atoms with Crippen LogP contribution in [0.2, 0.25) is 0 Å². The molecule has 2 aliphatic rings. The summed E-state index contributed by atoms with van der Waals surface area (Å²) in [5.74, 6) is 0.232. The zero-order chi connectivity index (χ0) is 15.6. The summed E-state index contributed by atoms with van der Waals surface area (Å²) in [6, 6.07) is 9.66. The first-order valence-corrected chi connectivity index (χ1v) is 10.1. The molecule has 0 aromatic heterocycles. The summed E-state index contributed by atoms with van der Waals surface area (Å²) in [6.07, 6.45) is 2.69. The number of hydrogen-bond donors (Lipinski definition) is 2. The molecule has 3 rings (SSSR count). The zero-order valence-corrected chi connectivity index (χ0v) is 13.9. The number of carbonyl (C=O) groups is 1. The van der Waals surface area contributed by atoms with Crippen LogP contribution in [0.4, 0.5) is 4.79 Å². The van der Waals surface area contributed by atoms with E-state index in [9.17, 15) is 13.2 Å². The van der Waals surface area contributed by atoms with Crippen molar-refractivity contribution in [3.05, 3.63) is 30.3 Å². The summed E-state index contributed by atoms with van der Waals surface area (Å²) < 4.78 is 22.9. The lowest BCUT2D eigenvalue weighted by molar-refractivity contribution is 0.238. The van der Waals surface area contributed by atoms with Crippen LogP contribution in [-0.4, -0.2) is 43.3 Å². The first-order valence-electron chi connectivity index (χ1n) is 7.45. The third kappa shape index (κ3) is 4.16. The first kappa shape index (κ1) is 15.7. The third-order valence-electron chi connectivity index (χ3n) is 4.02. The normalized spacial score (nSPS) is 24.6.